The number of hydrogen-bond acceptors (Lipinski definition) is 6. The molecule has 0 aliphatic carbocycles. The molecule has 26 heavy (non-hydrogen) atoms. The summed E-state index contributed by atoms with van der Waals surface area (Å²) < 4.78 is 28.7. The van der Waals surface area contributed by atoms with Crippen molar-refractivity contribution in [2.75, 3.05) is 33.2 Å². The van der Waals surface area contributed by atoms with Crippen LogP contribution in [-0.2, 0) is 0 Å². The molecule has 0 amide bonds. The lowest BCUT2D eigenvalue weighted by molar-refractivity contribution is 0.127. The number of benzene rings is 1. The van der Waals surface area contributed by atoms with E-state index in [1.54, 1.807) is 13.0 Å². The van der Waals surface area contributed by atoms with Crippen LogP contribution >= 0.6 is 11.3 Å². The summed E-state index contributed by atoms with van der Waals surface area (Å²) >= 11 is 1.32. The number of piperazine rings is 1. The third-order valence-corrected chi connectivity index (χ3v) is 5.79. The van der Waals surface area contributed by atoms with Crippen LogP contribution in [0.2, 0.25) is 0 Å². The fourth-order valence-corrected chi connectivity index (χ4v) is 4.48. The molecule has 1 N–H and O–H groups in total. The highest BCUT2D eigenvalue weighted by Gasteiger charge is 2.31. The van der Waals surface area contributed by atoms with Gasteiger partial charge < -0.3 is 10.0 Å². The molecule has 4 rings (SSSR count). The van der Waals surface area contributed by atoms with E-state index in [-0.39, 0.29) is 11.9 Å². The Kier molecular flexibility index (Phi) is 4.37. The number of aryl methyl sites for hydroxylation is 1. The van der Waals surface area contributed by atoms with Gasteiger partial charge in [0.1, 0.15) is 5.82 Å². The lowest BCUT2D eigenvalue weighted by Gasteiger charge is -2.37. The van der Waals surface area contributed by atoms with E-state index in [0.29, 0.717) is 21.2 Å². The monoisotopic (exact) mass is 379 g/mol. The smallest absolute Gasteiger partial charge is 0.230 e. The highest BCUT2D eigenvalue weighted by molar-refractivity contribution is 7.17. The van der Waals surface area contributed by atoms with Gasteiger partial charge in [0.2, 0.25) is 10.8 Å². The molecule has 0 bridgehead atoms. The Labute approximate surface area is 153 Å². The maximum atomic E-state index is 13.9. The van der Waals surface area contributed by atoms with Gasteiger partial charge in [-0.3, -0.25) is 4.90 Å². The van der Waals surface area contributed by atoms with Crippen molar-refractivity contribution in [3.63, 3.8) is 0 Å². The van der Waals surface area contributed by atoms with Crippen LogP contribution in [0.4, 0.5) is 8.78 Å². The van der Waals surface area contributed by atoms with Gasteiger partial charge in [0.05, 0.1) is 10.9 Å². The lowest BCUT2D eigenvalue weighted by Crippen LogP contribution is -2.46. The van der Waals surface area contributed by atoms with E-state index in [1.807, 2.05) is 7.05 Å². The second-order valence-electron chi connectivity index (χ2n) is 6.56. The largest absolute Gasteiger partial charge is 0.492 e. The van der Waals surface area contributed by atoms with Crippen molar-refractivity contribution in [1.29, 1.82) is 0 Å². The van der Waals surface area contributed by atoms with E-state index >= 15 is 0 Å². The molecule has 9 heteroatoms. The van der Waals surface area contributed by atoms with Crippen molar-refractivity contribution in [3.8, 4) is 5.88 Å². The average molecular weight is 379 g/mol. The Morgan fingerprint density at radius 1 is 1.15 bits per heavy atom. The summed E-state index contributed by atoms with van der Waals surface area (Å²) in [5.74, 6) is -1.20. The highest BCUT2D eigenvalue weighted by atomic mass is 32.1. The zero-order valence-electron chi connectivity index (χ0n) is 14.5. The van der Waals surface area contributed by atoms with Gasteiger partial charge in [0.15, 0.2) is 11.6 Å². The first-order chi connectivity index (χ1) is 12.4. The fraction of sp³-hybridized carbons (Fsp3) is 0.412. The van der Waals surface area contributed by atoms with Gasteiger partial charge >= 0.3 is 0 Å². The fourth-order valence-electron chi connectivity index (χ4n) is 3.32. The summed E-state index contributed by atoms with van der Waals surface area (Å²) in [5.41, 5.74) is 0.602. The van der Waals surface area contributed by atoms with Crippen LogP contribution in [0.5, 0.6) is 5.88 Å². The Hall–Kier alpha value is -2.10. The minimum Gasteiger partial charge on any atom is -0.492 e. The summed E-state index contributed by atoms with van der Waals surface area (Å²) in [6.07, 6.45) is 0. The average Bonchev–Trinajstić information content (AvgIpc) is 3.11. The summed E-state index contributed by atoms with van der Waals surface area (Å²) in [4.78, 5) is 9.91. The first-order valence-corrected chi connectivity index (χ1v) is 9.18. The zero-order chi connectivity index (χ0) is 18.4. The number of fused-ring (bicyclic) bond motifs is 1. The SMILES string of the molecule is Cc1nc2sc([C@H](c3ccc(F)c(F)c3)N3CCN(C)CC3)c(O)n2n1. The Balaban J connectivity index is 1.82. The van der Waals surface area contributed by atoms with Crippen LogP contribution < -0.4 is 0 Å². The van der Waals surface area contributed by atoms with Gasteiger partial charge in [0.25, 0.3) is 0 Å². The van der Waals surface area contributed by atoms with E-state index in [1.165, 1.54) is 21.9 Å². The number of rotatable bonds is 3. The summed E-state index contributed by atoms with van der Waals surface area (Å²) in [6.45, 7) is 4.99. The maximum Gasteiger partial charge on any atom is 0.230 e. The van der Waals surface area contributed by atoms with Crippen LogP contribution in [0.3, 0.4) is 0 Å². The van der Waals surface area contributed by atoms with Crippen LogP contribution in [-0.4, -0.2) is 62.7 Å². The number of halogens is 2. The summed E-state index contributed by atoms with van der Waals surface area (Å²) in [5, 5.41) is 14.9. The number of likely N-dealkylation sites (N-methyl/N-ethyl adjacent to an activating group) is 1. The minimum absolute atomic E-state index is 0.000684. The number of thiazole rings is 1. The van der Waals surface area contributed by atoms with Crippen molar-refractivity contribution in [2.24, 2.45) is 0 Å². The molecule has 1 fully saturated rings. The molecule has 0 radical (unpaired) electrons. The molecule has 1 aliphatic rings. The molecular formula is C17H19F2N5OS. The second-order valence-corrected chi connectivity index (χ2v) is 7.57. The second kappa shape index (κ2) is 6.57. The predicted molar refractivity (Wildman–Crippen MR) is 94.5 cm³/mol. The molecule has 1 aliphatic heterocycles. The summed E-state index contributed by atoms with van der Waals surface area (Å²) in [7, 11) is 2.05. The van der Waals surface area contributed by atoms with Gasteiger partial charge in [0, 0.05) is 26.2 Å². The molecule has 138 valence electrons. The zero-order valence-corrected chi connectivity index (χ0v) is 15.3. The van der Waals surface area contributed by atoms with E-state index < -0.39 is 11.6 Å². The molecule has 1 aromatic carbocycles. The first kappa shape index (κ1) is 17.3. The summed E-state index contributed by atoms with van der Waals surface area (Å²) in [6, 6.07) is 3.53. The topological polar surface area (TPSA) is 56.9 Å². The predicted octanol–water partition coefficient (Wildman–Crippen LogP) is 2.42. The molecule has 0 spiro atoms. The van der Waals surface area contributed by atoms with E-state index in [2.05, 4.69) is 19.9 Å². The van der Waals surface area contributed by atoms with Gasteiger partial charge in [-0.15, -0.1) is 5.10 Å². The maximum absolute atomic E-state index is 13.9. The van der Waals surface area contributed by atoms with Gasteiger partial charge in [-0.1, -0.05) is 17.4 Å². The Morgan fingerprint density at radius 3 is 2.54 bits per heavy atom. The Bertz CT molecular complexity index is 948. The van der Waals surface area contributed by atoms with Crippen molar-refractivity contribution in [3.05, 3.63) is 46.1 Å². The van der Waals surface area contributed by atoms with Crippen LogP contribution in [0, 0.1) is 18.6 Å². The molecule has 3 aromatic rings. The van der Waals surface area contributed by atoms with Crippen LogP contribution in [0.25, 0.3) is 4.96 Å². The minimum atomic E-state index is -0.892. The molecule has 1 saturated heterocycles. The van der Waals surface area contributed by atoms with Crippen molar-refractivity contribution >= 4 is 16.3 Å². The Morgan fingerprint density at radius 2 is 1.88 bits per heavy atom. The van der Waals surface area contributed by atoms with E-state index in [0.717, 1.165) is 32.2 Å². The van der Waals surface area contributed by atoms with Gasteiger partial charge in [-0.2, -0.15) is 4.52 Å². The molecule has 0 saturated carbocycles. The molecule has 1 atom stereocenters. The van der Waals surface area contributed by atoms with Crippen LogP contribution in [0.15, 0.2) is 18.2 Å². The molecule has 2 aromatic heterocycles. The van der Waals surface area contributed by atoms with Gasteiger partial charge in [-0.05, 0) is 31.7 Å². The van der Waals surface area contributed by atoms with E-state index in [9.17, 15) is 13.9 Å². The number of nitrogens with zero attached hydrogens (tertiary/aromatic N) is 5. The van der Waals surface area contributed by atoms with Crippen LogP contribution in [0.1, 0.15) is 22.3 Å². The lowest BCUT2D eigenvalue weighted by atomic mass is 10.0. The van der Waals surface area contributed by atoms with Crippen molar-refractivity contribution < 1.29 is 13.9 Å². The number of aromatic nitrogens is 3. The molecule has 6 nitrogen and oxygen atoms in total. The molecule has 3 heterocycles. The van der Waals surface area contributed by atoms with Gasteiger partial charge in [-0.25, -0.2) is 13.8 Å². The third kappa shape index (κ3) is 2.95. The highest BCUT2D eigenvalue weighted by Crippen LogP contribution is 2.40. The van der Waals surface area contributed by atoms with E-state index in [4.69, 9.17) is 0 Å². The standard InChI is InChI=1S/C17H19F2N5OS/c1-10-20-17-24(21-10)16(25)15(26-17)14(23-7-5-22(2)6-8-23)11-3-4-12(18)13(19)9-11/h3-4,9,14,25H,5-8H2,1-2H3/t14-/m0/s1. The third-order valence-electron chi connectivity index (χ3n) is 4.72. The van der Waals surface area contributed by atoms with Crippen molar-refractivity contribution in [1.82, 2.24) is 24.4 Å². The normalized spacial score (nSPS) is 17.8. The van der Waals surface area contributed by atoms with Crippen molar-refractivity contribution in [2.45, 2.75) is 13.0 Å². The molecular weight excluding hydrogens is 360 g/mol. The number of hydrogen-bond donors (Lipinski definition) is 1. The molecule has 0 unspecified atom stereocenters. The quantitative estimate of drug-likeness (QED) is 0.758. The number of aromatic hydroxyl groups is 1. The first-order valence-electron chi connectivity index (χ1n) is 8.36.